The van der Waals surface area contributed by atoms with Gasteiger partial charge >= 0.3 is 0 Å². The Labute approximate surface area is 127 Å². The standard InChI is InChI=1S/C17H27N3O/c1-3-16-12-19(7-2-9-20(16)8-1)13-17-14(6-10-21-17)11-18-15-4-5-15/h6,10,15-16,18H,1-5,7-9,11-13H2. The van der Waals surface area contributed by atoms with E-state index in [0.29, 0.717) is 0 Å². The second-order valence-corrected chi connectivity index (χ2v) is 6.94. The molecule has 4 nitrogen and oxygen atoms in total. The van der Waals surface area contributed by atoms with Crippen molar-refractivity contribution in [1.82, 2.24) is 15.1 Å². The minimum absolute atomic E-state index is 0.762. The Hall–Kier alpha value is -0.840. The van der Waals surface area contributed by atoms with Crippen LogP contribution < -0.4 is 5.32 Å². The first-order chi connectivity index (χ1) is 10.4. The Morgan fingerprint density at radius 1 is 1.14 bits per heavy atom. The highest BCUT2D eigenvalue weighted by atomic mass is 16.3. The lowest BCUT2D eigenvalue weighted by Crippen LogP contribution is -2.36. The maximum atomic E-state index is 5.78. The first-order valence-corrected chi connectivity index (χ1v) is 8.63. The monoisotopic (exact) mass is 289 g/mol. The zero-order valence-electron chi connectivity index (χ0n) is 12.9. The molecule has 0 spiro atoms. The van der Waals surface area contributed by atoms with E-state index in [4.69, 9.17) is 4.42 Å². The molecule has 2 aliphatic heterocycles. The summed E-state index contributed by atoms with van der Waals surface area (Å²) >= 11 is 0. The molecule has 4 rings (SSSR count). The maximum absolute atomic E-state index is 5.78. The molecule has 1 saturated carbocycles. The summed E-state index contributed by atoms with van der Waals surface area (Å²) in [6.45, 7) is 6.99. The molecular formula is C17H27N3O. The van der Waals surface area contributed by atoms with Crippen molar-refractivity contribution in [3.05, 3.63) is 23.7 Å². The van der Waals surface area contributed by atoms with Crippen molar-refractivity contribution in [2.45, 2.75) is 57.3 Å². The number of nitrogens with one attached hydrogen (secondary N) is 1. The van der Waals surface area contributed by atoms with Crippen LogP contribution in [0.15, 0.2) is 16.7 Å². The van der Waals surface area contributed by atoms with E-state index in [-0.39, 0.29) is 0 Å². The second kappa shape index (κ2) is 6.11. The number of nitrogens with zero attached hydrogens (tertiary/aromatic N) is 2. The van der Waals surface area contributed by atoms with E-state index in [1.165, 1.54) is 69.6 Å². The molecule has 1 atom stereocenters. The van der Waals surface area contributed by atoms with Gasteiger partial charge in [0.15, 0.2) is 0 Å². The largest absolute Gasteiger partial charge is 0.468 e. The molecule has 2 saturated heterocycles. The summed E-state index contributed by atoms with van der Waals surface area (Å²) in [5.41, 5.74) is 1.36. The average Bonchev–Trinajstić information content (AvgIpc) is 3.12. The van der Waals surface area contributed by atoms with Gasteiger partial charge in [-0.05, 0) is 57.8 Å². The van der Waals surface area contributed by atoms with E-state index in [0.717, 1.165) is 25.2 Å². The topological polar surface area (TPSA) is 31.6 Å². The van der Waals surface area contributed by atoms with Gasteiger partial charge in [0.1, 0.15) is 5.76 Å². The maximum Gasteiger partial charge on any atom is 0.122 e. The zero-order valence-corrected chi connectivity index (χ0v) is 12.9. The SMILES string of the molecule is c1cc(CNC2CC2)c(CN2CCCN3CCCC3C2)o1. The summed E-state index contributed by atoms with van der Waals surface area (Å²) in [6.07, 6.45) is 8.61. The Morgan fingerprint density at radius 3 is 2.95 bits per heavy atom. The quantitative estimate of drug-likeness (QED) is 0.900. The fourth-order valence-electron chi connectivity index (χ4n) is 3.83. The molecule has 3 fully saturated rings. The lowest BCUT2D eigenvalue weighted by Gasteiger charge is -2.25. The van der Waals surface area contributed by atoms with Crippen molar-refractivity contribution in [3.63, 3.8) is 0 Å². The number of rotatable bonds is 5. The predicted molar refractivity (Wildman–Crippen MR) is 83.1 cm³/mol. The van der Waals surface area contributed by atoms with Crippen LogP contribution in [0.4, 0.5) is 0 Å². The number of furan rings is 1. The van der Waals surface area contributed by atoms with Crippen LogP contribution in [0.3, 0.4) is 0 Å². The Bertz CT molecular complexity index is 468. The Morgan fingerprint density at radius 2 is 2.05 bits per heavy atom. The van der Waals surface area contributed by atoms with Gasteiger partial charge in [-0.25, -0.2) is 0 Å². The number of hydrogen-bond donors (Lipinski definition) is 1. The molecule has 3 heterocycles. The van der Waals surface area contributed by atoms with Crippen LogP contribution in [-0.4, -0.2) is 48.1 Å². The molecule has 1 aromatic heterocycles. The smallest absolute Gasteiger partial charge is 0.122 e. The van der Waals surface area contributed by atoms with Crippen LogP contribution in [0, 0.1) is 0 Å². The Kier molecular flexibility index (Phi) is 4.01. The van der Waals surface area contributed by atoms with Crippen LogP contribution in [0.25, 0.3) is 0 Å². The third-order valence-electron chi connectivity index (χ3n) is 5.25. The van der Waals surface area contributed by atoms with Gasteiger partial charge in [0, 0.05) is 30.7 Å². The summed E-state index contributed by atoms with van der Waals surface area (Å²) < 4.78 is 5.78. The number of fused-ring (bicyclic) bond motifs is 1. The van der Waals surface area contributed by atoms with Gasteiger partial charge in [0.05, 0.1) is 12.8 Å². The normalized spacial score (nSPS) is 27.7. The molecule has 4 heteroatoms. The Balaban J connectivity index is 1.37. The summed E-state index contributed by atoms with van der Waals surface area (Å²) in [5.74, 6) is 1.18. The van der Waals surface area contributed by atoms with Gasteiger partial charge in [0.25, 0.3) is 0 Å². The van der Waals surface area contributed by atoms with E-state index in [9.17, 15) is 0 Å². The summed E-state index contributed by atoms with van der Waals surface area (Å²) in [4.78, 5) is 5.30. The molecule has 0 radical (unpaired) electrons. The summed E-state index contributed by atoms with van der Waals surface area (Å²) in [7, 11) is 0. The highest BCUT2D eigenvalue weighted by Gasteiger charge is 2.29. The first-order valence-electron chi connectivity index (χ1n) is 8.63. The third kappa shape index (κ3) is 3.33. The van der Waals surface area contributed by atoms with E-state index >= 15 is 0 Å². The van der Waals surface area contributed by atoms with Crippen LogP contribution in [0.5, 0.6) is 0 Å². The van der Waals surface area contributed by atoms with Gasteiger partial charge in [-0.2, -0.15) is 0 Å². The van der Waals surface area contributed by atoms with Gasteiger partial charge in [0.2, 0.25) is 0 Å². The molecule has 0 aromatic carbocycles. The van der Waals surface area contributed by atoms with Crippen molar-refractivity contribution in [1.29, 1.82) is 0 Å². The van der Waals surface area contributed by atoms with E-state index < -0.39 is 0 Å². The fourth-order valence-corrected chi connectivity index (χ4v) is 3.83. The van der Waals surface area contributed by atoms with E-state index in [1.54, 1.807) is 0 Å². The van der Waals surface area contributed by atoms with Crippen LogP contribution in [0.1, 0.15) is 43.4 Å². The third-order valence-corrected chi connectivity index (χ3v) is 5.25. The van der Waals surface area contributed by atoms with Crippen molar-refractivity contribution in [2.75, 3.05) is 26.2 Å². The molecule has 21 heavy (non-hydrogen) atoms. The van der Waals surface area contributed by atoms with Gasteiger partial charge in [-0.1, -0.05) is 0 Å². The average molecular weight is 289 g/mol. The highest BCUT2D eigenvalue weighted by molar-refractivity contribution is 5.17. The zero-order chi connectivity index (χ0) is 14.1. The summed E-state index contributed by atoms with van der Waals surface area (Å²) in [6, 6.07) is 3.69. The van der Waals surface area contributed by atoms with Gasteiger partial charge in [-0.15, -0.1) is 0 Å². The van der Waals surface area contributed by atoms with Crippen LogP contribution >= 0.6 is 0 Å². The van der Waals surface area contributed by atoms with Crippen molar-refractivity contribution in [2.24, 2.45) is 0 Å². The van der Waals surface area contributed by atoms with E-state index in [2.05, 4.69) is 21.2 Å². The fraction of sp³-hybridized carbons (Fsp3) is 0.765. The molecule has 3 aliphatic rings. The molecule has 0 bridgehead atoms. The second-order valence-electron chi connectivity index (χ2n) is 6.94. The van der Waals surface area contributed by atoms with Gasteiger partial charge in [-0.3, -0.25) is 9.80 Å². The molecular weight excluding hydrogens is 262 g/mol. The first kappa shape index (κ1) is 13.8. The molecule has 1 aliphatic carbocycles. The highest BCUT2D eigenvalue weighted by Crippen LogP contribution is 2.24. The molecule has 1 unspecified atom stereocenters. The predicted octanol–water partition coefficient (Wildman–Crippen LogP) is 2.20. The van der Waals surface area contributed by atoms with E-state index in [1.807, 2.05) is 6.26 Å². The molecule has 0 amide bonds. The molecule has 1 aromatic rings. The number of hydrogen-bond acceptors (Lipinski definition) is 4. The molecule has 116 valence electrons. The van der Waals surface area contributed by atoms with Crippen molar-refractivity contribution < 1.29 is 4.42 Å². The summed E-state index contributed by atoms with van der Waals surface area (Å²) in [5, 5.41) is 3.60. The van der Waals surface area contributed by atoms with Crippen molar-refractivity contribution in [3.8, 4) is 0 Å². The lowest BCUT2D eigenvalue weighted by molar-refractivity contribution is 0.204. The van der Waals surface area contributed by atoms with Crippen LogP contribution in [0.2, 0.25) is 0 Å². The van der Waals surface area contributed by atoms with Crippen molar-refractivity contribution >= 4 is 0 Å². The minimum Gasteiger partial charge on any atom is -0.468 e. The van der Waals surface area contributed by atoms with Crippen LogP contribution in [-0.2, 0) is 13.1 Å². The molecule has 1 N–H and O–H groups in total. The van der Waals surface area contributed by atoms with Gasteiger partial charge < -0.3 is 9.73 Å². The lowest BCUT2D eigenvalue weighted by atomic mass is 10.2. The minimum atomic E-state index is 0.762.